The standard InChI is InChI=1S/C19H20N2O4S/c22-17(20-11-13-25-14-12-20)9-10-21-18(23)16(26-19(21)24)8-4-7-15-5-2-1-3-6-15/h1-8H,9-14H2/b7-4+,16-8-. The Morgan fingerprint density at radius 3 is 2.62 bits per heavy atom. The number of benzene rings is 1. The molecule has 0 aliphatic carbocycles. The van der Waals surface area contributed by atoms with Crippen molar-refractivity contribution in [2.45, 2.75) is 6.42 Å². The van der Waals surface area contributed by atoms with Crippen molar-refractivity contribution in [1.29, 1.82) is 0 Å². The number of ether oxygens (including phenoxy) is 1. The predicted octanol–water partition coefficient (Wildman–Crippen LogP) is 2.53. The van der Waals surface area contributed by atoms with Gasteiger partial charge in [-0.3, -0.25) is 19.3 Å². The molecule has 3 rings (SSSR count). The molecule has 0 spiro atoms. The summed E-state index contributed by atoms with van der Waals surface area (Å²) in [5, 5.41) is -0.330. The fraction of sp³-hybridized carbons (Fsp3) is 0.316. The summed E-state index contributed by atoms with van der Waals surface area (Å²) in [5.74, 6) is -0.396. The number of morpholine rings is 1. The van der Waals surface area contributed by atoms with Crippen molar-refractivity contribution in [2.24, 2.45) is 0 Å². The van der Waals surface area contributed by atoms with Gasteiger partial charge in [-0.15, -0.1) is 0 Å². The van der Waals surface area contributed by atoms with Gasteiger partial charge in [0.15, 0.2) is 0 Å². The van der Waals surface area contributed by atoms with Crippen molar-refractivity contribution in [2.75, 3.05) is 32.8 Å². The number of nitrogens with zero attached hydrogens (tertiary/aromatic N) is 2. The second kappa shape index (κ2) is 8.82. The highest BCUT2D eigenvalue weighted by Crippen LogP contribution is 2.30. The molecule has 0 N–H and O–H groups in total. The topological polar surface area (TPSA) is 66.9 Å². The molecule has 26 heavy (non-hydrogen) atoms. The van der Waals surface area contributed by atoms with Crippen LogP contribution in [0.4, 0.5) is 4.79 Å². The average molecular weight is 372 g/mol. The van der Waals surface area contributed by atoms with E-state index in [1.54, 1.807) is 17.1 Å². The smallest absolute Gasteiger partial charge is 0.293 e. The highest BCUT2D eigenvalue weighted by atomic mass is 32.2. The van der Waals surface area contributed by atoms with E-state index in [0.29, 0.717) is 31.2 Å². The van der Waals surface area contributed by atoms with Crippen molar-refractivity contribution in [3.63, 3.8) is 0 Å². The normalized spacial score (nSPS) is 19.8. The Hall–Kier alpha value is -2.38. The van der Waals surface area contributed by atoms with Crippen LogP contribution >= 0.6 is 11.8 Å². The molecule has 2 fully saturated rings. The SMILES string of the molecule is O=C(CCN1C(=O)S/C(=C\C=C\c2ccccc2)C1=O)N1CCOCC1. The van der Waals surface area contributed by atoms with E-state index in [2.05, 4.69) is 0 Å². The molecule has 0 atom stereocenters. The molecule has 2 saturated heterocycles. The van der Waals surface area contributed by atoms with Crippen LogP contribution in [0.3, 0.4) is 0 Å². The molecular weight excluding hydrogens is 352 g/mol. The molecule has 0 radical (unpaired) electrons. The number of carbonyl (C=O) groups is 3. The summed E-state index contributed by atoms with van der Waals surface area (Å²) in [6, 6.07) is 9.69. The summed E-state index contributed by atoms with van der Waals surface area (Å²) >= 11 is 0.907. The summed E-state index contributed by atoms with van der Waals surface area (Å²) in [6.45, 7) is 2.30. The van der Waals surface area contributed by atoms with Crippen LogP contribution in [0, 0.1) is 0 Å². The summed E-state index contributed by atoms with van der Waals surface area (Å²) < 4.78 is 5.22. The molecule has 0 aromatic heterocycles. The number of rotatable bonds is 5. The minimum Gasteiger partial charge on any atom is -0.378 e. The Morgan fingerprint density at radius 1 is 1.15 bits per heavy atom. The Kier molecular flexibility index (Phi) is 6.25. The minimum atomic E-state index is -0.340. The Balaban J connectivity index is 1.55. The maximum atomic E-state index is 12.4. The van der Waals surface area contributed by atoms with Crippen LogP contribution in [0.5, 0.6) is 0 Å². The molecular formula is C19H20N2O4S. The molecule has 1 aromatic rings. The van der Waals surface area contributed by atoms with E-state index in [1.807, 2.05) is 36.4 Å². The lowest BCUT2D eigenvalue weighted by Gasteiger charge is -2.27. The third-order valence-electron chi connectivity index (χ3n) is 4.12. The zero-order chi connectivity index (χ0) is 18.4. The van der Waals surface area contributed by atoms with Gasteiger partial charge in [-0.25, -0.2) is 0 Å². The molecule has 3 amide bonds. The lowest BCUT2D eigenvalue weighted by molar-refractivity contribution is -0.135. The zero-order valence-corrected chi connectivity index (χ0v) is 15.1. The number of imide groups is 1. The highest BCUT2D eigenvalue weighted by molar-refractivity contribution is 8.18. The zero-order valence-electron chi connectivity index (χ0n) is 14.3. The van der Waals surface area contributed by atoms with Gasteiger partial charge in [0.05, 0.1) is 18.1 Å². The van der Waals surface area contributed by atoms with Crippen LogP contribution < -0.4 is 0 Å². The van der Waals surface area contributed by atoms with Crippen LogP contribution in [-0.2, 0) is 14.3 Å². The number of hydrogen-bond acceptors (Lipinski definition) is 5. The van der Waals surface area contributed by atoms with Crippen LogP contribution in [0.2, 0.25) is 0 Å². The largest absolute Gasteiger partial charge is 0.378 e. The van der Waals surface area contributed by atoms with Crippen molar-refractivity contribution in [3.8, 4) is 0 Å². The molecule has 0 unspecified atom stereocenters. The average Bonchev–Trinajstić information content (AvgIpc) is 2.94. The number of carbonyl (C=O) groups excluding carboxylic acids is 3. The van der Waals surface area contributed by atoms with Crippen molar-refractivity contribution in [1.82, 2.24) is 9.80 Å². The summed E-state index contributed by atoms with van der Waals surface area (Å²) in [7, 11) is 0. The minimum absolute atomic E-state index is 0.0553. The van der Waals surface area contributed by atoms with Crippen molar-refractivity contribution < 1.29 is 19.1 Å². The third kappa shape index (κ3) is 4.62. The van der Waals surface area contributed by atoms with Crippen molar-refractivity contribution >= 4 is 34.9 Å². The van der Waals surface area contributed by atoms with E-state index in [-0.39, 0.29) is 30.0 Å². The molecule has 1 aromatic carbocycles. The van der Waals surface area contributed by atoms with E-state index in [4.69, 9.17) is 4.74 Å². The van der Waals surface area contributed by atoms with Gasteiger partial charge in [0.1, 0.15) is 0 Å². The van der Waals surface area contributed by atoms with E-state index >= 15 is 0 Å². The number of amides is 3. The van der Waals surface area contributed by atoms with Gasteiger partial charge < -0.3 is 9.64 Å². The molecule has 6 nitrogen and oxygen atoms in total. The Bertz CT molecular complexity index is 739. The van der Waals surface area contributed by atoms with Crippen LogP contribution in [0.15, 0.2) is 47.4 Å². The Labute approximate surface area is 156 Å². The fourth-order valence-corrected chi connectivity index (χ4v) is 3.51. The Morgan fingerprint density at radius 2 is 1.88 bits per heavy atom. The monoisotopic (exact) mass is 372 g/mol. The van der Waals surface area contributed by atoms with Crippen molar-refractivity contribution in [3.05, 3.63) is 53.0 Å². The fourth-order valence-electron chi connectivity index (χ4n) is 2.70. The van der Waals surface area contributed by atoms with Gasteiger partial charge in [-0.2, -0.15) is 0 Å². The first-order valence-corrected chi connectivity index (χ1v) is 9.29. The summed E-state index contributed by atoms with van der Waals surface area (Å²) in [6.07, 6.45) is 5.41. The number of allylic oxidation sites excluding steroid dienone is 2. The first-order valence-electron chi connectivity index (χ1n) is 8.48. The van der Waals surface area contributed by atoms with E-state index in [1.165, 1.54) is 0 Å². The van der Waals surface area contributed by atoms with Gasteiger partial charge in [-0.1, -0.05) is 42.5 Å². The van der Waals surface area contributed by atoms with Gasteiger partial charge in [0.2, 0.25) is 5.91 Å². The second-order valence-electron chi connectivity index (χ2n) is 5.87. The van der Waals surface area contributed by atoms with Gasteiger partial charge in [-0.05, 0) is 23.4 Å². The maximum Gasteiger partial charge on any atom is 0.293 e. The predicted molar refractivity (Wildman–Crippen MR) is 100 cm³/mol. The molecule has 136 valence electrons. The maximum absolute atomic E-state index is 12.4. The molecule has 0 saturated carbocycles. The number of hydrogen-bond donors (Lipinski definition) is 0. The van der Waals surface area contributed by atoms with Crippen LogP contribution in [0.1, 0.15) is 12.0 Å². The van der Waals surface area contributed by atoms with Crippen LogP contribution in [0.25, 0.3) is 6.08 Å². The first-order chi connectivity index (χ1) is 12.6. The lowest BCUT2D eigenvalue weighted by Crippen LogP contribution is -2.42. The van der Waals surface area contributed by atoms with Gasteiger partial charge >= 0.3 is 0 Å². The van der Waals surface area contributed by atoms with E-state index in [9.17, 15) is 14.4 Å². The summed E-state index contributed by atoms with van der Waals surface area (Å²) in [5.41, 5.74) is 1.01. The summed E-state index contributed by atoms with van der Waals surface area (Å²) in [4.78, 5) is 39.9. The molecule has 0 bridgehead atoms. The van der Waals surface area contributed by atoms with E-state index < -0.39 is 0 Å². The molecule has 2 aliphatic rings. The number of thioether (sulfide) groups is 1. The second-order valence-corrected chi connectivity index (χ2v) is 6.86. The van der Waals surface area contributed by atoms with Crippen LogP contribution in [-0.4, -0.2) is 59.7 Å². The quantitative estimate of drug-likeness (QED) is 0.743. The molecule has 2 heterocycles. The van der Waals surface area contributed by atoms with Gasteiger partial charge in [0.25, 0.3) is 11.1 Å². The first kappa shape index (κ1) is 18.4. The lowest BCUT2D eigenvalue weighted by atomic mass is 10.2. The molecule has 2 aliphatic heterocycles. The van der Waals surface area contributed by atoms with E-state index in [0.717, 1.165) is 22.2 Å². The third-order valence-corrected chi connectivity index (χ3v) is 5.05. The molecule has 7 heteroatoms. The van der Waals surface area contributed by atoms with Gasteiger partial charge in [0, 0.05) is 26.1 Å². The highest BCUT2D eigenvalue weighted by Gasteiger charge is 2.35.